The molecule has 0 aromatic heterocycles. The minimum atomic E-state index is -4.20. The van der Waals surface area contributed by atoms with Gasteiger partial charge in [0.25, 0.3) is 0 Å². The standard InChI is InChI=1S/C10H11BrF3NO/c11-8-3-1-2-7(6-15)9(8)16-5-4-10(12,13)14/h1-3H,4-6,15H2. The molecule has 0 aliphatic rings. The highest BCUT2D eigenvalue weighted by atomic mass is 79.9. The molecule has 0 heterocycles. The van der Waals surface area contributed by atoms with Gasteiger partial charge in [0.15, 0.2) is 0 Å². The van der Waals surface area contributed by atoms with Crippen LogP contribution in [0.15, 0.2) is 22.7 Å². The van der Waals surface area contributed by atoms with Crippen LogP contribution in [0.4, 0.5) is 13.2 Å². The number of alkyl halides is 3. The zero-order chi connectivity index (χ0) is 12.2. The number of rotatable bonds is 4. The summed E-state index contributed by atoms with van der Waals surface area (Å²) in [5.41, 5.74) is 6.13. The van der Waals surface area contributed by atoms with Crippen LogP contribution in [0.25, 0.3) is 0 Å². The molecule has 0 fully saturated rings. The van der Waals surface area contributed by atoms with E-state index in [1.54, 1.807) is 18.2 Å². The van der Waals surface area contributed by atoms with Crippen LogP contribution >= 0.6 is 15.9 Å². The molecule has 0 atom stereocenters. The average molecular weight is 298 g/mol. The highest BCUT2D eigenvalue weighted by Crippen LogP contribution is 2.29. The second kappa shape index (κ2) is 5.54. The zero-order valence-corrected chi connectivity index (χ0v) is 9.94. The van der Waals surface area contributed by atoms with Crippen molar-refractivity contribution < 1.29 is 17.9 Å². The number of ether oxygens (including phenoxy) is 1. The van der Waals surface area contributed by atoms with E-state index < -0.39 is 19.2 Å². The van der Waals surface area contributed by atoms with Gasteiger partial charge in [0.05, 0.1) is 17.5 Å². The molecular formula is C10H11BrF3NO. The molecule has 0 spiro atoms. The molecule has 1 aromatic rings. The van der Waals surface area contributed by atoms with Gasteiger partial charge in [0, 0.05) is 12.1 Å². The van der Waals surface area contributed by atoms with Crippen LogP contribution in [0.1, 0.15) is 12.0 Å². The summed E-state index contributed by atoms with van der Waals surface area (Å²) in [7, 11) is 0. The van der Waals surface area contributed by atoms with Gasteiger partial charge in [-0.15, -0.1) is 0 Å². The molecule has 1 rings (SSSR count). The lowest BCUT2D eigenvalue weighted by atomic mass is 10.2. The molecule has 0 amide bonds. The SMILES string of the molecule is NCc1cccc(Br)c1OCCC(F)(F)F. The van der Waals surface area contributed by atoms with E-state index in [0.29, 0.717) is 15.8 Å². The van der Waals surface area contributed by atoms with Crippen molar-refractivity contribution in [3.8, 4) is 5.75 Å². The Bertz CT molecular complexity index is 354. The van der Waals surface area contributed by atoms with Crippen LogP contribution in [0, 0.1) is 0 Å². The molecule has 1 aromatic carbocycles. The highest BCUT2D eigenvalue weighted by molar-refractivity contribution is 9.10. The first-order valence-electron chi connectivity index (χ1n) is 4.61. The molecule has 2 nitrogen and oxygen atoms in total. The predicted octanol–water partition coefficient (Wildman–Crippen LogP) is 3.24. The Labute approximate surface area is 99.7 Å². The van der Waals surface area contributed by atoms with Crippen LogP contribution in [-0.4, -0.2) is 12.8 Å². The molecule has 0 unspecified atom stereocenters. The molecule has 0 aliphatic carbocycles. The molecule has 16 heavy (non-hydrogen) atoms. The number of benzene rings is 1. The summed E-state index contributed by atoms with van der Waals surface area (Å²) in [5.74, 6) is 0.384. The Balaban J connectivity index is 2.66. The second-order valence-electron chi connectivity index (χ2n) is 3.15. The van der Waals surface area contributed by atoms with E-state index in [4.69, 9.17) is 10.5 Å². The molecule has 0 saturated carbocycles. The van der Waals surface area contributed by atoms with Crippen LogP contribution in [-0.2, 0) is 6.54 Å². The van der Waals surface area contributed by atoms with Crippen LogP contribution in [0.2, 0.25) is 0 Å². The molecule has 2 N–H and O–H groups in total. The number of para-hydroxylation sites is 1. The maximum Gasteiger partial charge on any atom is 0.392 e. The fourth-order valence-corrected chi connectivity index (χ4v) is 1.67. The third kappa shape index (κ3) is 4.02. The van der Waals surface area contributed by atoms with Gasteiger partial charge in [0.1, 0.15) is 5.75 Å². The van der Waals surface area contributed by atoms with Crippen molar-refractivity contribution in [3.63, 3.8) is 0 Å². The van der Waals surface area contributed by atoms with Crippen molar-refractivity contribution >= 4 is 15.9 Å². The van der Waals surface area contributed by atoms with E-state index in [1.165, 1.54) is 0 Å². The summed E-state index contributed by atoms with van der Waals surface area (Å²) >= 11 is 3.21. The van der Waals surface area contributed by atoms with E-state index in [2.05, 4.69) is 15.9 Å². The summed E-state index contributed by atoms with van der Waals surface area (Å²) in [6.07, 6.45) is -5.18. The molecule has 0 saturated heterocycles. The Morgan fingerprint density at radius 2 is 2.00 bits per heavy atom. The molecule has 90 valence electrons. The summed E-state index contributed by atoms with van der Waals surface area (Å²) < 4.78 is 41.5. The van der Waals surface area contributed by atoms with Gasteiger partial charge in [-0.3, -0.25) is 0 Å². The van der Waals surface area contributed by atoms with E-state index >= 15 is 0 Å². The first kappa shape index (κ1) is 13.3. The molecule has 0 bridgehead atoms. The van der Waals surface area contributed by atoms with E-state index in [9.17, 15) is 13.2 Å². The maximum atomic E-state index is 11.9. The Kier molecular flexibility index (Phi) is 4.61. The number of hydrogen-bond acceptors (Lipinski definition) is 2. The van der Waals surface area contributed by atoms with Crippen molar-refractivity contribution in [2.75, 3.05) is 6.61 Å². The van der Waals surface area contributed by atoms with Crippen molar-refractivity contribution in [2.45, 2.75) is 19.1 Å². The molecule has 0 aliphatic heterocycles. The van der Waals surface area contributed by atoms with Crippen LogP contribution in [0.5, 0.6) is 5.75 Å². The summed E-state index contributed by atoms with van der Waals surface area (Å²) in [4.78, 5) is 0. The smallest absolute Gasteiger partial charge is 0.392 e. The largest absolute Gasteiger partial charge is 0.492 e. The maximum absolute atomic E-state index is 11.9. The summed E-state index contributed by atoms with van der Waals surface area (Å²) in [6.45, 7) is -0.181. The van der Waals surface area contributed by atoms with Gasteiger partial charge in [-0.2, -0.15) is 13.2 Å². The van der Waals surface area contributed by atoms with Gasteiger partial charge in [0.2, 0.25) is 0 Å². The zero-order valence-electron chi connectivity index (χ0n) is 8.35. The van der Waals surface area contributed by atoms with Crippen LogP contribution in [0.3, 0.4) is 0 Å². The van der Waals surface area contributed by atoms with Gasteiger partial charge in [-0.05, 0) is 22.0 Å². The van der Waals surface area contributed by atoms with Gasteiger partial charge in [-0.1, -0.05) is 12.1 Å². The van der Waals surface area contributed by atoms with E-state index in [0.717, 1.165) is 0 Å². The van der Waals surface area contributed by atoms with Crippen molar-refractivity contribution in [1.29, 1.82) is 0 Å². The van der Waals surface area contributed by atoms with Crippen LogP contribution < -0.4 is 10.5 Å². The fourth-order valence-electron chi connectivity index (χ4n) is 1.14. The third-order valence-electron chi connectivity index (χ3n) is 1.90. The average Bonchev–Trinajstić information content (AvgIpc) is 2.18. The Morgan fingerprint density at radius 3 is 2.56 bits per heavy atom. The minimum absolute atomic E-state index is 0.223. The Morgan fingerprint density at radius 1 is 1.31 bits per heavy atom. The number of halogens is 4. The fraction of sp³-hybridized carbons (Fsp3) is 0.400. The topological polar surface area (TPSA) is 35.2 Å². The summed E-state index contributed by atoms with van der Waals surface area (Å²) in [5, 5.41) is 0. The number of hydrogen-bond donors (Lipinski definition) is 1. The monoisotopic (exact) mass is 297 g/mol. The second-order valence-corrected chi connectivity index (χ2v) is 4.00. The van der Waals surface area contributed by atoms with Crippen molar-refractivity contribution in [1.82, 2.24) is 0 Å². The Hall–Kier alpha value is -0.750. The quantitative estimate of drug-likeness (QED) is 0.926. The van der Waals surface area contributed by atoms with E-state index in [-0.39, 0.29) is 6.54 Å². The van der Waals surface area contributed by atoms with Gasteiger partial charge in [-0.25, -0.2) is 0 Å². The third-order valence-corrected chi connectivity index (χ3v) is 2.52. The van der Waals surface area contributed by atoms with Crippen molar-refractivity contribution in [2.24, 2.45) is 5.73 Å². The van der Waals surface area contributed by atoms with Gasteiger partial charge >= 0.3 is 6.18 Å². The van der Waals surface area contributed by atoms with Crippen molar-refractivity contribution in [3.05, 3.63) is 28.2 Å². The first-order valence-corrected chi connectivity index (χ1v) is 5.40. The molecular weight excluding hydrogens is 287 g/mol. The van der Waals surface area contributed by atoms with Gasteiger partial charge < -0.3 is 10.5 Å². The minimum Gasteiger partial charge on any atom is -0.492 e. The lowest BCUT2D eigenvalue weighted by Crippen LogP contribution is -2.14. The lowest BCUT2D eigenvalue weighted by Gasteiger charge is -2.13. The lowest BCUT2D eigenvalue weighted by molar-refractivity contribution is -0.139. The highest BCUT2D eigenvalue weighted by Gasteiger charge is 2.27. The summed E-state index contributed by atoms with van der Waals surface area (Å²) in [6, 6.07) is 5.17. The predicted molar refractivity (Wildman–Crippen MR) is 58.2 cm³/mol. The molecule has 6 heteroatoms. The first-order chi connectivity index (χ1) is 7.44. The number of nitrogens with two attached hydrogens (primary N) is 1. The van der Waals surface area contributed by atoms with E-state index in [1.807, 2.05) is 0 Å². The normalized spacial score (nSPS) is 11.6. The molecule has 0 radical (unpaired) electrons.